The lowest BCUT2D eigenvalue weighted by atomic mass is 10.3. The molecule has 1 rings (SSSR count). The molecule has 1 N–H and O–H groups in total. The van der Waals surface area contributed by atoms with Crippen molar-refractivity contribution < 1.29 is 8.42 Å². The van der Waals surface area contributed by atoms with Crippen LogP contribution in [0.4, 0.5) is 5.69 Å². The van der Waals surface area contributed by atoms with Gasteiger partial charge in [-0.15, -0.1) is 0 Å². The fourth-order valence-corrected chi connectivity index (χ4v) is 2.96. The highest BCUT2D eigenvalue weighted by atomic mass is 32.2. The summed E-state index contributed by atoms with van der Waals surface area (Å²) in [6, 6.07) is 7.52. The maximum atomic E-state index is 12.3. The van der Waals surface area contributed by atoms with E-state index in [0.29, 0.717) is 10.9 Å². The van der Waals surface area contributed by atoms with Gasteiger partial charge < -0.3 is 10.2 Å². The van der Waals surface area contributed by atoms with Crippen LogP contribution in [0.1, 0.15) is 13.8 Å². The predicted molar refractivity (Wildman–Crippen MR) is 83.7 cm³/mol. The van der Waals surface area contributed by atoms with Crippen LogP contribution in [0.3, 0.4) is 0 Å². The van der Waals surface area contributed by atoms with Gasteiger partial charge in [-0.05, 0) is 12.1 Å². The quantitative estimate of drug-likeness (QED) is 0.826. The lowest BCUT2D eigenvalue weighted by Crippen LogP contribution is -2.34. The van der Waals surface area contributed by atoms with E-state index in [4.69, 9.17) is 0 Å². The van der Waals surface area contributed by atoms with Gasteiger partial charge in [-0.3, -0.25) is 0 Å². The zero-order valence-corrected chi connectivity index (χ0v) is 13.7. The molecule has 0 bridgehead atoms. The molecule has 0 spiro atoms. The first kappa shape index (κ1) is 16.9. The number of para-hydroxylation sites is 1. The molecule has 0 atom stereocenters. The maximum absolute atomic E-state index is 12.3. The number of nitrogens with one attached hydrogen (secondary N) is 1. The van der Waals surface area contributed by atoms with Crippen molar-refractivity contribution in [2.45, 2.75) is 24.8 Å². The molecule has 5 nitrogen and oxygen atoms in total. The van der Waals surface area contributed by atoms with Gasteiger partial charge in [0, 0.05) is 40.3 Å². The summed E-state index contributed by atoms with van der Waals surface area (Å²) in [5.41, 5.74) is 0.728. The van der Waals surface area contributed by atoms with Gasteiger partial charge in [0.25, 0.3) is 0 Å². The third-order valence-corrected chi connectivity index (χ3v) is 4.90. The first-order valence-electron chi connectivity index (χ1n) is 6.73. The third kappa shape index (κ3) is 4.19. The van der Waals surface area contributed by atoms with Crippen LogP contribution in [0.25, 0.3) is 0 Å². The molecule has 0 aliphatic heterocycles. The van der Waals surface area contributed by atoms with Crippen LogP contribution in [0.2, 0.25) is 0 Å². The van der Waals surface area contributed by atoms with Crippen molar-refractivity contribution in [1.82, 2.24) is 9.62 Å². The zero-order valence-electron chi connectivity index (χ0n) is 12.9. The Morgan fingerprint density at radius 1 is 1.15 bits per heavy atom. The van der Waals surface area contributed by atoms with Crippen molar-refractivity contribution >= 4 is 15.7 Å². The smallest absolute Gasteiger partial charge is 0.244 e. The van der Waals surface area contributed by atoms with Crippen LogP contribution in [0.15, 0.2) is 29.2 Å². The second-order valence-corrected chi connectivity index (χ2v) is 7.41. The number of hydrogen-bond donors (Lipinski definition) is 1. The summed E-state index contributed by atoms with van der Waals surface area (Å²) in [7, 11) is 1.58. The van der Waals surface area contributed by atoms with Crippen LogP contribution >= 0.6 is 0 Å². The number of rotatable bonds is 7. The van der Waals surface area contributed by atoms with E-state index in [0.717, 1.165) is 18.8 Å². The van der Waals surface area contributed by atoms with Crippen molar-refractivity contribution in [2.24, 2.45) is 0 Å². The molecule has 0 radical (unpaired) electrons. The number of hydrogen-bond acceptors (Lipinski definition) is 4. The molecule has 0 heterocycles. The SMILES string of the molecule is CC(C)NCCN(C)c1ccccc1S(=O)(=O)N(C)C. The second-order valence-electron chi connectivity index (χ2n) is 5.29. The van der Waals surface area contributed by atoms with Crippen molar-refractivity contribution in [3.63, 3.8) is 0 Å². The Labute approximate surface area is 122 Å². The van der Waals surface area contributed by atoms with Gasteiger partial charge in [-0.2, -0.15) is 0 Å². The molecule has 1 aromatic rings. The van der Waals surface area contributed by atoms with Crippen molar-refractivity contribution in [3.8, 4) is 0 Å². The van der Waals surface area contributed by atoms with Gasteiger partial charge in [0.1, 0.15) is 4.90 Å². The number of nitrogens with zero attached hydrogens (tertiary/aromatic N) is 2. The van der Waals surface area contributed by atoms with Crippen molar-refractivity contribution in [2.75, 3.05) is 39.1 Å². The molecule has 114 valence electrons. The Bertz CT molecular complexity index is 527. The Hall–Kier alpha value is -1.11. The molecule has 1 aromatic carbocycles. The summed E-state index contributed by atoms with van der Waals surface area (Å²) in [5, 5.41) is 3.33. The van der Waals surface area contributed by atoms with Crippen molar-refractivity contribution in [3.05, 3.63) is 24.3 Å². The van der Waals surface area contributed by atoms with Gasteiger partial charge in [-0.1, -0.05) is 26.0 Å². The average molecular weight is 299 g/mol. The van der Waals surface area contributed by atoms with Gasteiger partial charge in [0.2, 0.25) is 10.0 Å². The Kier molecular flexibility index (Phi) is 5.98. The van der Waals surface area contributed by atoms with E-state index in [-0.39, 0.29) is 0 Å². The van der Waals surface area contributed by atoms with Gasteiger partial charge in [-0.25, -0.2) is 12.7 Å². The largest absolute Gasteiger partial charge is 0.372 e. The minimum absolute atomic E-state index is 0.344. The van der Waals surface area contributed by atoms with Gasteiger partial charge >= 0.3 is 0 Å². The molecule has 0 amide bonds. The lowest BCUT2D eigenvalue weighted by Gasteiger charge is -2.24. The molecule has 20 heavy (non-hydrogen) atoms. The lowest BCUT2D eigenvalue weighted by molar-refractivity contribution is 0.520. The average Bonchev–Trinajstić information content (AvgIpc) is 2.38. The molecule has 0 saturated carbocycles. The summed E-state index contributed by atoms with van der Waals surface area (Å²) in [4.78, 5) is 2.31. The van der Waals surface area contributed by atoms with Crippen LogP contribution in [0.5, 0.6) is 0 Å². The van der Waals surface area contributed by atoms with Gasteiger partial charge in [0.15, 0.2) is 0 Å². The summed E-state index contributed by atoms with van der Waals surface area (Å²) in [6.07, 6.45) is 0. The molecule has 6 heteroatoms. The zero-order chi connectivity index (χ0) is 15.3. The summed E-state index contributed by atoms with van der Waals surface area (Å²) in [5.74, 6) is 0. The third-order valence-electron chi connectivity index (χ3n) is 3.03. The summed E-state index contributed by atoms with van der Waals surface area (Å²) < 4.78 is 25.9. The minimum atomic E-state index is -3.42. The highest BCUT2D eigenvalue weighted by Crippen LogP contribution is 2.25. The standard InChI is InChI=1S/C14H25N3O2S/c1-12(2)15-10-11-17(5)13-8-6-7-9-14(13)20(18,19)16(3)4/h6-9,12,15H,10-11H2,1-5H3. The van der Waals surface area contributed by atoms with E-state index in [1.54, 1.807) is 26.2 Å². The van der Waals surface area contributed by atoms with Crippen LogP contribution in [-0.2, 0) is 10.0 Å². The molecule has 0 aliphatic rings. The van der Waals surface area contributed by atoms with E-state index in [1.807, 2.05) is 24.1 Å². The summed E-state index contributed by atoms with van der Waals surface area (Å²) >= 11 is 0. The first-order chi connectivity index (χ1) is 9.26. The molecule has 0 saturated heterocycles. The Morgan fingerprint density at radius 2 is 1.75 bits per heavy atom. The topological polar surface area (TPSA) is 52.7 Å². The molecule has 0 unspecified atom stereocenters. The number of anilines is 1. The number of sulfonamides is 1. The van der Waals surface area contributed by atoms with E-state index in [2.05, 4.69) is 19.2 Å². The fraction of sp³-hybridized carbons (Fsp3) is 0.571. The monoisotopic (exact) mass is 299 g/mol. The highest BCUT2D eigenvalue weighted by molar-refractivity contribution is 7.89. The Balaban J connectivity index is 2.96. The normalized spacial score (nSPS) is 12.2. The molecular weight excluding hydrogens is 274 g/mol. The predicted octanol–water partition coefficient (Wildman–Crippen LogP) is 1.37. The molecule has 0 aromatic heterocycles. The van der Waals surface area contributed by atoms with E-state index in [1.165, 1.54) is 4.31 Å². The van der Waals surface area contributed by atoms with E-state index in [9.17, 15) is 8.42 Å². The first-order valence-corrected chi connectivity index (χ1v) is 8.17. The van der Waals surface area contributed by atoms with Crippen molar-refractivity contribution in [1.29, 1.82) is 0 Å². The van der Waals surface area contributed by atoms with E-state index >= 15 is 0 Å². The second kappa shape index (κ2) is 7.06. The Morgan fingerprint density at radius 3 is 2.30 bits per heavy atom. The summed E-state index contributed by atoms with van der Waals surface area (Å²) in [6.45, 7) is 5.73. The van der Waals surface area contributed by atoms with Crippen LogP contribution in [0, 0.1) is 0 Å². The molecule has 0 fully saturated rings. The number of likely N-dealkylation sites (N-methyl/N-ethyl adjacent to an activating group) is 1. The van der Waals surface area contributed by atoms with E-state index < -0.39 is 10.0 Å². The van der Waals surface area contributed by atoms with Gasteiger partial charge in [0.05, 0.1) is 5.69 Å². The van der Waals surface area contributed by atoms with Crippen LogP contribution < -0.4 is 10.2 Å². The van der Waals surface area contributed by atoms with Crippen LogP contribution in [-0.4, -0.2) is 53.0 Å². The fourth-order valence-electron chi connectivity index (χ4n) is 1.83. The minimum Gasteiger partial charge on any atom is -0.372 e. The molecule has 0 aliphatic carbocycles. The highest BCUT2D eigenvalue weighted by Gasteiger charge is 2.22. The number of benzene rings is 1. The maximum Gasteiger partial charge on any atom is 0.244 e. The molecular formula is C14H25N3O2S.